The Labute approximate surface area is 146 Å². The van der Waals surface area contributed by atoms with Gasteiger partial charge in [0.15, 0.2) is 0 Å². The number of aromatic nitrogens is 2. The lowest BCUT2D eigenvalue weighted by Gasteiger charge is -2.35. The number of amides is 1. The molecule has 7 heteroatoms. The Morgan fingerprint density at radius 2 is 2.04 bits per heavy atom. The Morgan fingerprint density at radius 1 is 1.32 bits per heavy atom. The van der Waals surface area contributed by atoms with Crippen molar-refractivity contribution in [2.75, 3.05) is 32.8 Å². The fourth-order valence-corrected chi connectivity index (χ4v) is 3.01. The second kappa shape index (κ2) is 8.22. The van der Waals surface area contributed by atoms with Gasteiger partial charge >= 0.3 is 0 Å². The topological polar surface area (TPSA) is 59.4 Å². The number of ether oxygens (including phenoxy) is 1. The molecule has 0 unspecified atom stereocenters. The van der Waals surface area contributed by atoms with E-state index in [2.05, 4.69) is 15.3 Å². The van der Waals surface area contributed by atoms with Gasteiger partial charge in [0.25, 0.3) is 0 Å². The Morgan fingerprint density at radius 3 is 2.68 bits per heavy atom. The van der Waals surface area contributed by atoms with Crippen LogP contribution in [0.5, 0.6) is 0 Å². The minimum Gasteiger partial charge on any atom is -0.379 e. The summed E-state index contributed by atoms with van der Waals surface area (Å²) in [5.41, 5.74) is 0.982. The number of halogens is 1. The van der Waals surface area contributed by atoms with Gasteiger partial charge in [0, 0.05) is 32.0 Å². The fraction of sp³-hybridized carbons (Fsp3) is 0.444. The maximum Gasteiger partial charge on any atom is 0.244 e. The summed E-state index contributed by atoms with van der Waals surface area (Å²) >= 11 is 0. The first kappa shape index (κ1) is 17.6. The molecule has 134 valence electrons. The first-order valence-electron chi connectivity index (χ1n) is 8.49. The molecule has 2 atom stereocenters. The smallest absolute Gasteiger partial charge is 0.244 e. The summed E-state index contributed by atoms with van der Waals surface area (Å²) in [4.78, 5) is 14.7. The minimum absolute atomic E-state index is 0.0155. The van der Waals surface area contributed by atoms with E-state index in [1.807, 2.05) is 6.92 Å². The van der Waals surface area contributed by atoms with Crippen LogP contribution in [0.15, 0.2) is 42.7 Å². The predicted octanol–water partition coefficient (Wildman–Crippen LogP) is 1.77. The van der Waals surface area contributed by atoms with Gasteiger partial charge in [-0.2, -0.15) is 5.10 Å². The molecule has 1 aromatic carbocycles. The van der Waals surface area contributed by atoms with Gasteiger partial charge in [-0.25, -0.2) is 4.39 Å². The molecular weight excluding hydrogens is 323 g/mol. The summed E-state index contributed by atoms with van der Waals surface area (Å²) in [6.07, 6.45) is 3.42. The van der Waals surface area contributed by atoms with Crippen molar-refractivity contribution in [3.8, 4) is 0 Å². The molecule has 3 rings (SSSR count). The number of hydrogen-bond acceptors (Lipinski definition) is 4. The zero-order valence-electron chi connectivity index (χ0n) is 14.3. The molecule has 1 saturated heterocycles. The quantitative estimate of drug-likeness (QED) is 0.866. The predicted molar refractivity (Wildman–Crippen MR) is 91.5 cm³/mol. The van der Waals surface area contributed by atoms with Crippen molar-refractivity contribution in [2.24, 2.45) is 0 Å². The molecule has 25 heavy (non-hydrogen) atoms. The lowest BCUT2D eigenvalue weighted by Crippen LogP contribution is -2.44. The van der Waals surface area contributed by atoms with Gasteiger partial charge in [0.1, 0.15) is 11.9 Å². The second-order valence-electron chi connectivity index (χ2n) is 6.12. The Kier molecular flexibility index (Phi) is 5.78. The third-order valence-electron chi connectivity index (χ3n) is 4.51. The summed E-state index contributed by atoms with van der Waals surface area (Å²) in [6.45, 7) is 5.16. The SMILES string of the molecule is C[C@@H](C(=O)NC[C@@H](c1ccc(F)cc1)N1CCOCC1)n1cccn1. The van der Waals surface area contributed by atoms with Gasteiger partial charge in [-0.1, -0.05) is 12.1 Å². The van der Waals surface area contributed by atoms with Crippen LogP contribution in [0, 0.1) is 5.82 Å². The molecule has 1 aromatic heterocycles. The van der Waals surface area contributed by atoms with Crippen molar-refractivity contribution in [3.05, 3.63) is 54.1 Å². The molecule has 0 bridgehead atoms. The number of hydrogen-bond donors (Lipinski definition) is 1. The highest BCUT2D eigenvalue weighted by Crippen LogP contribution is 2.22. The van der Waals surface area contributed by atoms with Crippen molar-refractivity contribution in [3.63, 3.8) is 0 Å². The highest BCUT2D eigenvalue weighted by molar-refractivity contribution is 5.79. The normalized spacial score (nSPS) is 17.8. The van der Waals surface area contributed by atoms with Gasteiger partial charge in [-0.15, -0.1) is 0 Å². The lowest BCUT2D eigenvalue weighted by atomic mass is 10.0. The first-order valence-corrected chi connectivity index (χ1v) is 8.49. The van der Waals surface area contributed by atoms with Gasteiger partial charge in [0.05, 0.1) is 19.3 Å². The van der Waals surface area contributed by atoms with Crippen LogP contribution < -0.4 is 5.32 Å². The highest BCUT2D eigenvalue weighted by Gasteiger charge is 2.24. The second-order valence-corrected chi connectivity index (χ2v) is 6.12. The van der Waals surface area contributed by atoms with Crippen LogP contribution in [0.25, 0.3) is 0 Å². The maximum absolute atomic E-state index is 13.3. The van der Waals surface area contributed by atoms with Gasteiger partial charge in [-0.3, -0.25) is 14.4 Å². The molecule has 0 aliphatic carbocycles. The molecular formula is C18H23FN4O2. The maximum atomic E-state index is 13.3. The first-order chi connectivity index (χ1) is 12.1. The molecule has 0 radical (unpaired) electrons. The van der Waals surface area contributed by atoms with Crippen LogP contribution in [0.1, 0.15) is 24.6 Å². The molecule has 6 nitrogen and oxygen atoms in total. The number of carbonyl (C=O) groups is 1. The third kappa shape index (κ3) is 4.43. The van der Waals surface area contributed by atoms with Crippen LogP contribution >= 0.6 is 0 Å². The average Bonchev–Trinajstić information content (AvgIpc) is 3.18. The van der Waals surface area contributed by atoms with E-state index >= 15 is 0 Å². The average molecular weight is 346 g/mol. The van der Waals surface area contributed by atoms with Crippen molar-refractivity contribution in [1.82, 2.24) is 20.0 Å². The standard InChI is InChI=1S/C18H23FN4O2/c1-14(23-8-2-7-21-23)18(24)20-13-17(22-9-11-25-12-10-22)15-3-5-16(19)6-4-15/h2-8,14,17H,9-13H2,1H3,(H,20,24)/t14-,17-/m0/s1. The molecule has 1 amide bonds. The summed E-state index contributed by atoms with van der Waals surface area (Å²) in [6, 6.07) is 7.86. The zero-order valence-corrected chi connectivity index (χ0v) is 14.3. The van der Waals surface area contributed by atoms with E-state index in [-0.39, 0.29) is 23.8 Å². The molecule has 1 fully saturated rings. The number of carbonyl (C=O) groups excluding carboxylic acids is 1. The summed E-state index contributed by atoms with van der Waals surface area (Å²) in [5, 5.41) is 7.11. The Balaban J connectivity index is 1.68. The van der Waals surface area contributed by atoms with Crippen molar-refractivity contribution in [1.29, 1.82) is 0 Å². The molecule has 1 N–H and O–H groups in total. The molecule has 0 spiro atoms. The third-order valence-corrected chi connectivity index (χ3v) is 4.51. The molecule has 1 aliphatic heterocycles. The lowest BCUT2D eigenvalue weighted by molar-refractivity contribution is -0.124. The highest BCUT2D eigenvalue weighted by atomic mass is 19.1. The van der Waals surface area contributed by atoms with Crippen LogP contribution in [-0.2, 0) is 9.53 Å². The largest absolute Gasteiger partial charge is 0.379 e. The van der Waals surface area contributed by atoms with Gasteiger partial charge in [-0.05, 0) is 30.7 Å². The molecule has 2 aromatic rings. The monoisotopic (exact) mass is 346 g/mol. The fourth-order valence-electron chi connectivity index (χ4n) is 3.01. The summed E-state index contributed by atoms with van der Waals surface area (Å²) in [5.74, 6) is -0.357. The van der Waals surface area contributed by atoms with E-state index in [4.69, 9.17) is 4.74 Å². The number of rotatable bonds is 6. The van der Waals surface area contributed by atoms with Crippen LogP contribution in [0.2, 0.25) is 0 Å². The van der Waals surface area contributed by atoms with E-state index < -0.39 is 0 Å². The van der Waals surface area contributed by atoms with Crippen LogP contribution in [0.3, 0.4) is 0 Å². The van der Waals surface area contributed by atoms with E-state index in [0.717, 1.165) is 18.7 Å². The molecule has 0 saturated carbocycles. The summed E-state index contributed by atoms with van der Waals surface area (Å²) < 4.78 is 20.3. The van der Waals surface area contributed by atoms with E-state index in [0.29, 0.717) is 19.8 Å². The van der Waals surface area contributed by atoms with E-state index in [1.165, 1.54) is 12.1 Å². The number of benzene rings is 1. The number of nitrogens with zero attached hydrogens (tertiary/aromatic N) is 3. The number of nitrogens with one attached hydrogen (secondary N) is 1. The minimum atomic E-state index is -0.381. The van der Waals surface area contributed by atoms with Crippen molar-refractivity contribution in [2.45, 2.75) is 19.0 Å². The van der Waals surface area contributed by atoms with E-state index in [1.54, 1.807) is 35.3 Å². The molecule has 2 heterocycles. The van der Waals surface area contributed by atoms with Crippen LogP contribution in [0.4, 0.5) is 4.39 Å². The van der Waals surface area contributed by atoms with E-state index in [9.17, 15) is 9.18 Å². The Bertz CT molecular complexity index is 669. The van der Waals surface area contributed by atoms with Crippen molar-refractivity contribution >= 4 is 5.91 Å². The summed E-state index contributed by atoms with van der Waals surface area (Å²) in [7, 11) is 0. The van der Waals surface area contributed by atoms with Crippen molar-refractivity contribution < 1.29 is 13.9 Å². The van der Waals surface area contributed by atoms with Crippen LogP contribution in [-0.4, -0.2) is 53.4 Å². The zero-order chi connectivity index (χ0) is 17.6. The van der Waals surface area contributed by atoms with Gasteiger partial charge < -0.3 is 10.1 Å². The Hall–Kier alpha value is -2.25. The molecule has 1 aliphatic rings. The van der Waals surface area contributed by atoms with Gasteiger partial charge in [0.2, 0.25) is 5.91 Å². The number of morpholine rings is 1.